The molecule has 27 heavy (non-hydrogen) atoms. The van der Waals surface area contributed by atoms with E-state index in [1.54, 1.807) is 36.3 Å². The third kappa shape index (κ3) is 4.70. The Morgan fingerprint density at radius 2 is 1.74 bits per heavy atom. The Balaban J connectivity index is 1.57. The lowest BCUT2D eigenvalue weighted by atomic mass is 10.1. The lowest BCUT2D eigenvalue weighted by molar-refractivity contribution is 0.131. The van der Waals surface area contributed by atoms with Crippen molar-refractivity contribution in [3.05, 3.63) is 59.1 Å². The van der Waals surface area contributed by atoms with Crippen molar-refractivity contribution in [2.45, 2.75) is 6.04 Å². The number of halogens is 1. The summed E-state index contributed by atoms with van der Waals surface area (Å²) in [4.78, 5) is 16.3. The monoisotopic (exact) mass is 384 g/mol. The molecule has 1 unspecified atom stereocenters. The van der Waals surface area contributed by atoms with Crippen molar-refractivity contribution in [2.24, 2.45) is 0 Å². The van der Waals surface area contributed by atoms with E-state index in [2.05, 4.69) is 16.3 Å². The van der Waals surface area contributed by atoms with Crippen LogP contribution in [0.5, 0.6) is 5.75 Å². The van der Waals surface area contributed by atoms with Crippen molar-refractivity contribution in [2.75, 3.05) is 38.6 Å². The highest BCUT2D eigenvalue weighted by Gasteiger charge is 2.27. The minimum Gasteiger partial charge on any atom is -0.497 e. The van der Waals surface area contributed by atoms with Crippen LogP contribution in [0, 0.1) is 11.3 Å². The van der Waals surface area contributed by atoms with Crippen LogP contribution in [0.2, 0.25) is 5.02 Å². The number of hydrogen-bond donors (Lipinski definition) is 1. The van der Waals surface area contributed by atoms with Crippen LogP contribution >= 0.6 is 11.6 Å². The first-order valence-corrected chi connectivity index (χ1v) is 9.07. The van der Waals surface area contributed by atoms with Gasteiger partial charge in [-0.25, -0.2) is 4.79 Å². The smallest absolute Gasteiger partial charge is 0.321 e. The number of hydrogen-bond acceptors (Lipinski definition) is 4. The molecule has 1 saturated heterocycles. The van der Waals surface area contributed by atoms with Gasteiger partial charge in [-0.1, -0.05) is 23.7 Å². The fourth-order valence-electron chi connectivity index (χ4n) is 3.07. The van der Waals surface area contributed by atoms with Crippen LogP contribution in [-0.2, 0) is 0 Å². The summed E-state index contributed by atoms with van der Waals surface area (Å²) in [7, 11) is 1.62. The zero-order valence-corrected chi connectivity index (χ0v) is 15.8. The van der Waals surface area contributed by atoms with Crippen molar-refractivity contribution in [1.82, 2.24) is 9.80 Å². The number of rotatable bonds is 4. The van der Waals surface area contributed by atoms with Gasteiger partial charge in [-0.2, -0.15) is 5.26 Å². The molecule has 0 bridgehead atoms. The maximum atomic E-state index is 12.4. The number of carbonyl (C=O) groups excluding carboxylic acids is 1. The van der Waals surface area contributed by atoms with Gasteiger partial charge >= 0.3 is 6.03 Å². The summed E-state index contributed by atoms with van der Waals surface area (Å²) in [6.45, 7) is 2.40. The number of anilines is 1. The van der Waals surface area contributed by atoms with Crippen LogP contribution in [-0.4, -0.2) is 49.1 Å². The van der Waals surface area contributed by atoms with Crippen LogP contribution in [0.25, 0.3) is 0 Å². The molecule has 2 aromatic rings. The lowest BCUT2D eigenvalue weighted by Gasteiger charge is -2.37. The molecule has 1 atom stereocenters. The SMILES string of the molecule is COc1ccc(C(C#N)N2CCN(C(=O)Nc3ccc(Cl)cc3)CC2)cc1. The first kappa shape index (κ1) is 19.0. The normalized spacial score (nSPS) is 15.7. The molecule has 2 amide bonds. The number of nitriles is 1. The molecule has 0 aliphatic carbocycles. The maximum absolute atomic E-state index is 12.4. The summed E-state index contributed by atoms with van der Waals surface area (Å²) in [6.07, 6.45) is 0. The van der Waals surface area contributed by atoms with Crippen molar-refractivity contribution in [3.8, 4) is 11.8 Å². The third-order valence-corrected chi connectivity index (χ3v) is 4.87. The summed E-state index contributed by atoms with van der Waals surface area (Å²) >= 11 is 5.86. The van der Waals surface area contributed by atoms with Gasteiger partial charge in [0.25, 0.3) is 0 Å². The molecule has 0 spiro atoms. The minimum absolute atomic E-state index is 0.144. The Morgan fingerprint density at radius 3 is 2.30 bits per heavy atom. The fourth-order valence-corrected chi connectivity index (χ4v) is 3.20. The van der Waals surface area contributed by atoms with Crippen LogP contribution in [0.1, 0.15) is 11.6 Å². The van der Waals surface area contributed by atoms with Gasteiger partial charge in [-0.05, 0) is 42.0 Å². The average molecular weight is 385 g/mol. The summed E-state index contributed by atoms with van der Waals surface area (Å²) < 4.78 is 5.17. The first-order valence-electron chi connectivity index (χ1n) is 8.70. The van der Waals surface area contributed by atoms with E-state index in [9.17, 15) is 10.1 Å². The molecular weight excluding hydrogens is 364 g/mol. The molecule has 1 fully saturated rings. The van der Waals surface area contributed by atoms with Crippen molar-refractivity contribution < 1.29 is 9.53 Å². The quantitative estimate of drug-likeness (QED) is 0.871. The average Bonchev–Trinajstić information content (AvgIpc) is 2.71. The van der Waals surface area contributed by atoms with Gasteiger partial charge in [0, 0.05) is 36.9 Å². The highest BCUT2D eigenvalue weighted by atomic mass is 35.5. The summed E-state index contributed by atoms with van der Waals surface area (Å²) in [5, 5.41) is 13.1. The molecule has 7 heteroatoms. The van der Waals surface area contributed by atoms with Gasteiger partial charge in [-0.3, -0.25) is 4.90 Å². The van der Waals surface area contributed by atoms with Crippen LogP contribution in [0.4, 0.5) is 10.5 Å². The van der Waals surface area contributed by atoms with E-state index in [-0.39, 0.29) is 12.1 Å². The van der Waals surface area contributed by atoms with Gasteiger partial charge < -0.3 is 15.0 Å². The molecular formula is C20H21ClN4O2. The number of methoxy groups -OCH3 is 1. The number of piperazine rings is 1. The van der Waals surface area contributed by atoms with Gasteiger partial charge in [0.15, 0.2) is 0 Å². The number of urea groups is 1. The topological polar surface area (TPSA) is 68.6 Å². The fraction of sp³-hybridized carbons (Fsp3) is 0.300. The Morgan fingerprint density at radius 1 is 1.11 bits per heavy atom. The van der Waals surface area contributed by atoms with E-state index in [1.165, 1.54) is 0 Å². The number of nitrogens with one attached hydrogen (secondary N) is 1. The van der Waals surface area contributed by atoms with Crippen LogP contribution < -0.4 is 10.1 Å². The molecule has 2 aromatic carbocycles. The van der Waals surface area contributed by atoms with E-state index >= 15 is 0 Å². The number of carbonyl (C=O) groups is 1. The predicted octanol–water partition coefficient (Wildman–Crippen LogP) is 3.76. The third-order valence-electron chi connectivity index (χ3n) is 4.62. The van der Waals surface area contributed by atoms with Crippen molar-refractivity contribution >= 4 is 23.3 Å². The Kier molecular flexibility index (Phi) is 6.17. The van der Waals surface area contributed by atoms with E-state index in [4.69, 9.17) is 16.3 Å². The molecule has 0 radical (unpaired) electrons. The molecule has 1 aliphatic rings. The Bertz CT molecular complexity index is 809. The molecule has 0 aromatic heterocycles. The second-order valence-corrected chi connectivity index (χ2v) is 6.70. The van der Waals surface area contributed by atoms with Crippen molar-refractivity contribution in [1.29, 1.82) is 5.26 Å². The van der Waals surface area contributed by atoms with Gasteiger partial charge in [0.1, 0.15) is 11.8 Å². The van der Waals surface area contributed by atoms with E-state index < -0.39 is 0 Å². The maximum Gasteiger partial charge on any atom is 0.321 e. The summed E-state index contributed by atoms with van der Waals surface area (Å²) in [5.41, 5.74) is 1.64. The Labute approximate surface area is 163 Å². The molecule has 1 aliphatic heterocycles. The molecule has 1 N–H and O–H groups in total. The molecule has 3 rings (SSSR count). The number of nitrogens with zero attached hydrogens (tertiary/aromatic N) is 3. The zero-order valence-electron chi connectivity index (χ0n) is 15.1. The number of ether oxygens (including phenoxy) is 1. The molecule has 1 heterocycles. The highest BCUT2D eigenvalue weighted by molar-refractivity contribution is 6.30. The van der Waals surface area contributed by atoms with Crippen molar-refractivity contribution in [3.63, 3.8) is 0 Å². The second kappa shape index (κ2) is 8.76. The molecule has 6 nitrogen and oxygen atoms in total. The molecule has 0 saturated carbocycles. The summed E-state index contributed by atoms with van der Waals surface area (Å²) in [5.74, 6) is 0.763. The van der Waals surface area contributed by atoms with Crippen LogP contribution in [0.15, 0.2) is 48.5 Å². The zero-order chi connectivity index (χ0) is 19.2. The van der Waals surface area contributed by atoms with E-state index in [0.29, 0.717) is 36.9 Å². The summed E-state index contributed by atoms with van der Waals surface area (Å²) in [6, 6.07) is 16.4. The van der Waals surface area contributed by atoms with Gasteiger partial charge in [-0.15, -0.1) is 0 Å². The Hall–Kier alpha value is -2.75. The van der Waals surface area contributed by atoms with Crippen LogP contribution in [0.3, 0.4) is 0 Å². The number of amides is 2. The largest absolute Gasteiger partial charge is 0.497 e. The standard InChI is InChI=1S/C20H21ClN4O2/c1-27-18-8-2-15(3-9-18)19(14-22)24-10-12-25(13-11-24)20(26)23-17-6-4-16(21)5-7-17/h2-9,19H,10-13H2,1H3,(H,23,26). The predicted molar refractivity (Wildman–Crippen MR) is 105 cm³/mol. The van der Waals surface area contributed by atoms with Gasteiger partial charge in [0.05, 0.1) is 13.2 Å². The first-order chi connectivity index (χ1) is 13.1. The minimum atomic E-state index is -0.336. The second-order valence-electron chi connectivity index (χ2n) is 6.26. The molecule has 140 valence electrons. The van der Waals surface area contributed by atoms with E-state index in [1.807, 2.05) is 24.3 Å². The van der Waals surface area contributed by atoms with E-state index in [0.717, 1.165) is 11.3 Å². The lowest BCUT2D eigenvalue weighted by Crippen LogP contribution is -2.50. The van der Waals surface area contributed by atoms with Gasteiger partial charge in [0.2, 0.25) is 0 Å². The highest BCUT2D eigenvalue weighted by Crippen LogP contribution is 2.24. The number of benzene rings is 2.